The van der Waals surface area contributed by atoms with Crippen LogP contribution >= 0.6 is 0 Å². The van der Waals surface area contributed by atoms with Gasteiger partial charge in [0.15, 0.2) is 0 Å². The molecule has 3 aromatic carbocycles. The van der Waals surface area contributed by atoms with Gasteiger partial charge in [-0.3, -0.25) is 9.69 Å². The van der Waals surface area contributed by atoms with Crippen molar-refractivity contribution in [3.8, 4) is 11.3 Å². The minimum absolute atomic E-state index is 0.164. The van der Waals surface area contributed by atoms with E-state index in [0.29, 0.717) is 30.1 Å². The molecule has 2 amide bonds. The summed E-state index contributed by atoms with van der Waals surface area (Å²) in [7, 11) is 0. The van der Waals surface area contributed by atoms with Crippen LogP contribution in [0.5, 0.6) is 0 Å². The van der Waals surface area contributed by atoms with Gasteiger partial charge in [0.05, 0.1) is 5.69 Å². The number of nitrogens with zero attached hydrogens (tertiary/aromatic N) is 2. The highest BCUT2D eigenvalue weighted by molar-refractivity contribution is 6.06. The van der Waals surface area contributed by atoms with Gasteiger partial charge in [0.25, 0.3) is 5.91 Å². The maximum absolute atomic E-state index is 12.7. The van der Waals surface area contributed by atoms with Crippen LogP contribution in [0.15, 0.2) is 83.3 Å². The van der Waals surface area contributed by atoms with Gasteiger partial charge in [-0.2, -0.15) is 0 Å². The summed E-state index contributed by atoms with van der Waals surface area (Å²) in [6.07, 6.45) is -0.248. The average Bonchev–Trinajstić information content (AvgIpc) is 3.32. The van der Waals surface area contributed by atoms with Crippen molar-refractivity contribution in [3.05, 3.63) is 90.0 Å². The zero-order valence-corrected chi connectivity index (χ0v) is 22.1. The first-order valence-electron chi connectivity index (χ1n) is 12.9. The Balaban J connectivity index is 1.27. The van der Waals surface area contributed by atoms with E-state index in [-0.39, 0.29) is 12.0 Å². The molecule has 7 nitrogen and oxygen atoms in total. The first kappa shape index (κ1) is 25.5. The number of rotatable bonds is 5. The lowest BCUT2D eigenvalue weighted by Gasteiger charge is -2.35. The number of carbonyl (C=O) groups is 2. The van der Waals surface area contributed by atoms with Crippen LogP contribution < -0.4 is 5.32 Å². The lowest BCUT2D eigenvalue weighted by molar-refractivity contribution is 0.0139. The van der Waals surface area contributed by atoms with Crippen molar-refractivity contribution in [2.45, 2.75) is 32.9 Å². The number of furan rings is 1. The van der Waals surface area contributed by atoms with Crippen LogP contribution in [0, 0.1) is 0 Å². The Hall–Kier alpha value is -4.10. The van der Waals surface area contributed by atoms with Gasteiger partial charge in [-0.05, 0) is 62.7 Å². The van der Waals surface area contributed by atoms with Gasteiger partial charge in [-0.25, -0.2) is 4.79 Å². The zero-order valence-electron chi connectivity index (χ0n) is 22.1. The summed E-state index contributed by atoms with van der Waals surface area (Å²) in [5.74, 6) is 0.537. The first-order valence-corrected chi connectivity index (χ1v) is 12.9. The fraction of sp³-hybridized carbons (Fsp3) is 0.290. The summed E-state index contributed by atoms with van der Waals surface area (Å²) >= 11 is 0. The molecule has 1 aliphatic heterocycles. The first-order chi connectivity index (χ1) is 18.2. The molecule has 0 radical (unpaired) electrons. The minimum Gasteiger partial charge on any atom is -0.456 e. The van der Waals surface area contributed by atoms with E-state index in [2.05, 4.69) is 28.4 Å². The second-order valence-electron chi connectivity index (χ2n) is 10.6. The Kier molecular flexibility index (Phi) is 7.20. The van der Waals surface area contributed by atoms with Gasteiger partial charge in [-0.15, -0.1) is 0 Å². The van der Waals surface area contributed by atoms with Gasteiger partial charge in [0.1, 0.15) is 16.9 Å². The van der Waals surface area contributed by atoms with Gasteiger partial charge < -0.3 is 19.4 Å². The molecule has 1 aromatic heterocycles. The molecule has 1 N–H and O–H groups in total. The van der Waals surface area contributed by atoms with Crippen molar-refractivity contribution in [2.24, 2.45) is 0 Å². The third-order valence-corrected chi connectivity index (χ3v) is 6.49. The highest BCUT2D eigenvalue weighted by Crippen LogP contribution is 2.33. The van der Waals surface area contributed by atoms with Crippen molar-refractivity contribution in [2.75, 3.05) is 31.5 Å². The van der Waals surface area contributed by atoms with Crippen LogP contribution in [0.2, 0.25) is 0 Å². The lowest BCUT2D eigenvalue weighted by Crippen LogP contribution is -2.49. The standard InChI is InChI=1S/C31H33N3O4/c1-31(2,3)38-30(36)34-17-15-33(16-18-34)21-22-13-14-24-20-28(37-27(24)19-22)25-11-7-8-12-26(25)32-29(35)23-9-5-4-6-10-23/h4-14,19-20H,15-18,21H2,1-3H3,(H,32,35). The Labute approximate surface area is 223 Å². The van der Waals surface area contributed by atoms with Crippen molar-refractivity contribution < 1.29 is 18.7 Å². The number of benzene rings is 3. The number of piperazine rings is 1. The summed E-state index contributed by atoms with van der Waals surface area (Å²) in [6.45, 7) is 9.30. The maximum Gasteiger partial charge on any atom is 0.410 e. The van der Waals surface area contributed by atoms with Crippen molar-refractivity contribution in [1.82, 2.24) is 9.80 Å². The van der Waals surface area contributed by atoms with Crippen LogP contribution in [0.4, 0.5) is 10.5 Å². The van der Waals surface area contributed by atoms with Crippen LogP contribution in [0.3, 0.4) is 0 Å². The molecule has 0 unspecified atom stereocenters. The van der Waals surface area contributed by atoms with Crippen molar-refractivity contribution >= 4 is 28.7 Å². The number of anilines is 1. The van der Waals surface area contributed by atoms with E-state index in [1.165, 1.54) is 0 Å². The lowest BCUT2D eigenvalue weighted by atomic mass is 10.1. The predicted molar refractivity (Wildman–Crippen MR) is 149 cm³/mol. The molecule has 1 aliphatic rings. The number of carbonyl (C=O) groups excluding carboxylic acids is 2. The number of hydrogen-bond acceptors (Lipinski definition) is 5. The third-order valence-electron chi connectivity index (χ3n) is 6.49. The molecule has 0 bridgehead atoms. The molecule has 2 heterocycles. The molecule has 1 fully saturated rings. The quantitative estimate of drug-likeness (QED) is 0.335. The van der Waals surface area contributed by atoms with Gasteiger partial charge in [0, 0.05) is 49.2 Å². The van der Waals surface area contributed by atoms with Crippen molar-refractivity contribution in [3.63, 3.8) is 0 Å². The zero-order chi connectivity index (χ0) is 26.7. The summed E-state index contributed by atoms with van der Waals surface area (Å²) in [5.41, 5.74) is 3.59. The molecule has 5 rings (SSSR count). The smallest absolute Gasteiger partial charge is 0.410 e. The predicted octanol–water partition coefficient (Wildman–Crippen LogP) is 6.40. The molecule has 38 heavy (non-hydrogen) atoms. The number of para-hydroxylation sites is 1. The molecule has 1 saturated heterocycles. The Bertz CT molecular complexity index is 1430. The summed E-state index contributed by atoms with van der Waals surface area (Å²) in [5, 5.41) is 4.02. The number of nitrogens with one attached hydrogen (secondary N) is 1. The second kappa shape index (κ2) is 10.7. The minimum atomic E-state index is -0.487. The van der Waals surface area contributed by atoms with Crippen LogP contribution in [0.25, 0.3) is 22.3 Å². The molecule has 0 spiro atoms. The van der Waals surface area contributed by atoms with E-state index in [9.17, 15) is 9.59 Å². The van der Waals surface area contributed by atoms with E-state index in [4.69, 9.17) is 9.15 Å². The molecule has 0 atom stereocenters. The van der Waals surface area contributed by atoms with Crippen LogP contribution in [-0.4, -0.2) is 53.6 Å². The van der Waals surface area contributed by atoms with E-state index in [0.717, 1.165) is 41.7 Å². The maximum atomic E-state index is 12.7. The molecular weight excluding hydrogens is 478 g/mol. The fourth-order valence-electron chi connectivity index (χ4n) is 4.57. The Morgan fingerprint density at radius 1 is 0.895 bits per heavy atom. The number of fused-ring (bicyclic) bond motifs is 1. The molecule has 196 valence electrons. The normalized spacial score (nSPS) is 14.4. The summed E-state index contributed by atoms with van der Waals surface area (Å²) in [6, 6.07) is 25.1. The summed E-state index contributed by atoms with van der Waals surface area (Å²) < 4.78 is 11.8. The largest absolute Gasteiger partial charge is 0.456 e. The van der Waals surface area contributed by atoms with E-state index in [1.54, 1.807) is 17.0 Å². The Morgan fingerprint density at radius 3 is 2.34 bits per heavy atom. The highest BCUT2D eigenvalue weighted by Gasteiger charge is 2.26. The topological polar surface area (TPSA) is 75.0 Å². The van der Waals surface area contributed by atoms with E-state index < -0.39 is 5.60 Å². The molecule has 4 aromatic rings. The SMILES string of the molecule is CC(C)(C)OC(=O)N1CCN(Cc2ccc3cc(-c4ccccc4NC(=O)c4ccccc4)oc3c2)CC1. The van der Waals surface area contributed by atoms with Gasteiger partial charge >= 0.3 is 6.09 Å². The number of ether oxygens (including phenoxy) is 1. The number of hydrogen-bond donors (Lipinski definition) is 1. The van der Waals surface area contributed by atoms with E-state index >= 15 is 0 Å². The van der Waals surface area contributed by atoms with E-state index in [1.807, 2.05) is 69.3 Å². The Morgan fingerprint density at radius 2 is 1.61 bits per heavy atom. The monoisotopic (exact) mass is 511 g/mol. The van der Waals surface area contributed by atoms with Crippen LogP contribution in [-0.2, 0) is 11.3 Å². The number of amides is 2. The van der Waals surface area contributed by atoms with Crippen LogP contribution in [0.1, 0.15) is 36.7 Å². The summed E-state index contributed by atoms with van der Waals surface area (Å²) in [4.78, 5) is 29.2. The fourth-order valence-corrected chi connectivity index (χ4v) is 4.57. The highest BCUT2D eigenvalue weighted by atomic mass is 16.6. The van der Waals surface area contributed by atoms with Gasteiger partial charge in [-0.1, -0.05) is 42.5 Å². The third kappa shape index (κ3) is 6.06. The molecule has 7 heteroatoms. The molecular formula is C31H33N3O4. The van der Waals surface area contributed by atoms with Crippen molar-refractivity contribution in [1.29, 1.82) is 0 Å². The average molecular weight is 512 g/mol. The van der Waals surface area contributed by atoms with Gasteiger partial charge in [0.2, 0.25) is 0 Å². The second-order valence-corrected chi connectivity index (χ2v) is 10.6. The molecule has 0 saturated carbocycles. The molecule has 0 aliphatic carbocycles.